The number of carbonyl (C=O) groups excluding carboxylic acids is 1. The minimum Gasteiger partial charge on any atom is -0.379 e. The van der Waals surface area contributed by atoms with Crippen molar-refractivity contribution in [3.8, 4) is 0 Å². The summed E-state index contributed by atoms with van der Waals surface area (Å²) in [6, 6.07) is 7.89. The van der Waals surface area contributed by atoms with Crippen molar-refractivity contribution in [2.24, 2.45) is 10.4 Å². The molecule has 1 aliphatic carbocycles. The molecule has 1 saturated carbocycles. The van der Waals surface area contributed by atoms with Gasteiger partial charge in [0, 0.05) is 64.8 Å². The fraction of sp³-hybridized carbons (Fsp3) is 0.680. The molecule has 7 nitrogen and oxygen atoms in total. The summed E-state index contributed by atoms with van der Waals surface area (Å²) in [6.45, 7) is 6.68. The quantitative estimate of drug-likeness (QED) is 0.286. The number of guanidine groups is 1. The molecule has 1 saturated heterocycles. The number of halogens is 1. The van der Waals surface area contributed by atoms with E-state index in [-0.39, 0.29) is 29.9 Å². The van der Waals surface area contributed by atoms with Crippen LogP contribution in [0.15, 0.2) is 29.3 Å². The summed E-state index contributed by atoms with van der Waals surface area (Å²) in [5.74, 6) is 0.896. The Morgan fingerprint density at radius 3 is 2.55 bits per heavy atom. The van der Waals surface area contributed by atoms with Crippen LogP contribution in [-0.2, 0) is 11.2 Å². The number of benzene rings is 1. The van der Waals surface area contributed by atoms with Crippen molar-refractivity contribution in [1.82, 2.24) is 20.4 Å². The number of nitrogens with one attached hydrogen (secondary N) is 2. The lowest BCUT2D eigenvalue weighted by atomic mass is 9.73. The number of nitrogens with zero attached hydrogens (tertiary/aromatic N) is 3. The van der Waals surface area contributed by atoms with E-state index in [0.717, 1.165) is 69.4 Å². The minimum absolute atomic E-state index is 0. The van der Waals surface area contributed by atoms with Crippen molar-refractivity contribution in [3.63, 3.8) is 0 Å². The lowest BCUT2D eigenvalue weighted by molar-refractivity contribution is 0.00820. The maximum absolute atomic E-state index is 12.2. The Balaban J connectivity index is 0.00000385. The Labute approximate surface area is 216 Å². The van der Waals surface area contributed by atoms with E-state index in [2.05, 4.69) is 26.6 Å². The van der Waals surface area contributed by atoms with Gasteiger partial charge in [-0.3, -0.25) is 14.7 Å². The first-order chi connectivity index (χ1) is 15.5. The Morgan fingerprint density at radius 2 is 1.88 bits per heavy atom. The van der Waals surface area contributed by atoms with Gasteiger partial charge in [-0.25, -0.2) is 0 Å². The van der Waals surface area contributed by atoms with Crippen molar-refractivity contribution in [2.75, 3.05) is 67.1 Å². The molecule has 0 spiro atoms. The topological polar surface area (TPSA) is 69.2 Å². The maximum Gasteiger partial charge on any atom is 0.253 e. The Bertz CT molecular complexity index is 759. The van der Waals surface area contributed by atoms with E-state index in [1.165, 1.54) is 32.1 Å². The molecule has 1 aromatic rings. The third-order valence-corrected chi connectivity index (χ3v) is 6.72. The zero-order valence-corrected chi connectivity index (χ0v) is 22.9. The van der Waals surface area contributed by atoms with Gasteiger partial charge in [0.1, 0.15) is 0 Å². The van der Waals surface area contributed by atoms with Crippen molar-refractivity contribution in [3.05, 3.63) is 35.4 Å². The van der Waals surface area contributed by atoms with E-state index in [4.69, 9.17) is 4.74 Å². The van der Waals surface area contributed by atoms with Crippen LogP contribution in [0.5, 0.6) is 0 Å². The molecule has 8 heteroatoms. The molecular weight excluding hydrogens is 529 g/mol. The third kappa shape index (κ3) is 8.72. The molecule has 0 aromatic heterocycles. The van der Waals surface area contributed by atoms with Crippen LogP contribution >= 0.6 is 24.0 Å². The molecule has 1 aliphatic heterocycles. The summed E-state index contributed by atoms with van der Waals surface area (Å²) in [5.41, 5.74) is 2.20. The van der Waals surface area contributed by atoms with Gasteiger partial charge in [-0.05, 0) is 37.0 Å². The third-order valence-electron chi connectivity index (χ3n) is 6.72. The predicted octanol–water partition coefficient (Wildman–Crippen LogP) is 3.00. The van der Waals surface area contributed by atoms with E-state index in [0.29, 0.717) is 5.41 Å². The van der Waals surface area contributed by atoms with E-state index in [1.54, 1.807) is 19.0 Å². The second kappa shape index (κ2) is 14.1. The van der Waals surface area contributed by atoms with Crippen LogP contribution in [0.2, 0.25) is 0 Å². The zero-order chi connectivity index (χ0) is 22.8. The first-order valence-electron chi connectivity index (χ1n) is 12.1. The van der Waals surface area contributed by atoms with Crippen molar-refractivity contribution in [1.29, 1.82) is 0 Å². The molecule has 0 unspecified atom stereocenters. The molecular formula is C25H42IN5O2. The monoisotopic (exact) mass is 571 g/mol. The summed E-state index contributed by atoms with van der Waals surface area (Å²) >= 11 is 0. The van der Waals surface area contributed by atoms with Crippen LogP contribution < -0.4 is 10.6 Å². The number of ether oxygens (including phenoxy) is 1. The lowest BCUT2D eigenvalue weighted by Gasteiger charge is -2.42. The molecule has 0 atom stereocenters. The summed E-state index contributed by atoms with van der Waals surface area (Å²) in [5, 5.41) is 7.08. The van der Waals surface area contributed by atoms with Crippen LogP contribution in [0.4, 0.5) is 0 Å². The first kappa shape index (κ1) is 27.9. The molecule has 0 radical (unpaired) electrons. The molecule has 1 amide bonds. The van der Waals surface area contributed by atoms with Gasteiger partial charge in [-0.15, -0.1) is 24.0 Å². The summed E-state index contributed by atoms with van der Waals surface area (Å²) in [6.07, 6.45) is 7.39. The number of amides is 1. The number of morpholine rings is 1. The lowest BCUT2D eigenvalue weighted by Crippen LogP contribution is -2.51. The Kier molecular flexibility index (Phi) is 11.9. The molecule has 2 N–H and O–H groups in total. The average molecular weight is 572 g/mol. The highest BCUT2D eigenvalue weighted by Crippen LogP contribution is 2.36. The van der Waals surface area contributed by atoms with Crippen molar-refractivity contribution < 1.29 is 9.53 Å². The fourth-order valence-corrected chi connectivity index (χ4v) is 4.86. The van der Waals surface area contributed by atoms with Crippen LogP contribution in [0.25, 0.3) is 0 Å². The van der Waals surface area contributed by atoms with E-state index in [1.807, 2.05) is 25.2 Å². The summed E-state index contributed by atoms with van der Waals surface area (Å²) < 4.78 is 5.54. The predicted molar refractivity (Wildman–Crippen MR) is 146 cm³/mol. The van der Waals surface area contributed by atoms with Crippen molar-refractivity contribution in [2.45, 2.75) is 38.5 Å². The van der Waals surface area contributed by atoms with Gasteiger partial charge in [0.05, 0.1) is 13.2 Å². The SMILES string of the molecule is CN=C(NCCc1cccc(C(=O)N(C)C)c1)NCC1(CN2CCOCC2)CCCCC1.I. The molecule has 1 aromatic carbocycles. The second-order valence-electron chi connectivity index (χ2n) is 9.45. The molecule has 1 heterocycles. The normalized spacial score (nSPS) is 18.8. The molecule has 2 aliphatic rings. The van der Waals surface area contributed by atoms with Crippen LogP contribution in [0, 0.1) is 5.41 Å². The van der Waals surface area contributed by atoms with Gasteiger partial charge < -0.3 is 20.3 Å². The van der Waals surface area contributed by atoms with Crippen LogP contribution in [-0.4, -0.2) is 88.7 Å². The van der Waals surface area contributed by atoms with Gasteiger partial charge in [-0.1, -0.05) is 31.4 Å². The van der Waals surface area contributed by atoms with E-state index in [9.17, 15) is 4.79 Å². The highest BCUT2D eigenvalue weighted by atomic mass is 127. The number of rotatable bonds is 8. The highest BCUT2D eigenvalue weighted by Gasteiger charge is 2.34. The molecule has 2 fully saturated rings. The van der Waals surface area contributed by atoms with Gasteiger partial charge in [0.15, 0.2) is 5.96 Å². The van der Waals surface area contributed by atoms with Gasteiger partial charge in [0.25, 0.3) is 5.91 Å². The highest BCUT2D eigenvalue weighted by molar-refractivity contribution is 14.0. The van der Waals surface area contributed by atoms with Crippen LogP contribution in [0.3, 0.4) is 0 Å². The molecule has 33 heavy (non-hydrogen) atoms. The minimum atomic E-state index is 0. The first-order valence-corrected chi connectivity index (χ1v) is 12.1. The van der Waals surface area contributed by atoms with E-state index < -0.39 is 0 Å². The van der Waals surface area contributed by atoms with Gasteiger partial charge >= 0.3 is 0 Å². The van der Waals surface area contributed by atoms with Crippen LogP contribution in [0.1, 0.15) is 48.0 Å². The van der Waals surface area contributed by atoms with E-state index >= 15 is 0 Å². The zero-order valence-electron chi connectivity index (χ0n) is 20.6. The van der Waals surface area contributed by atoms with Crippen molar-refractivity contribution >= 4 is 35.8 Å². The standard InChI is InChI=1S/C25H41N5O2.HI/c1-26-24(27-13-10-21-8-7-9-22(18-21)23(31)29(2)3)28-19-25(11-5-4-6-12-25)20-30-14-16-32-17-15-30;/h7-9,18H,4-6,10-17,19-20H2,1-3H3,(H2,26,27,28);1H. The maximum atomic E-state index is 12.2. The molecule has 0 bridgehead atoms. The van der Waals surface area contributed by atoms with Gasteiger partial charge in [-0.2, -0.15) is 0 Å². The number of carbonyl (C=O) groups is 1. The fourth-order valence-electron chi connectivity index (χ4n) is 4.86. The second-order valence-corrected chi connectivity index (χ2v) is 9.45. The number of hydrogen-bond donors (Lipinski definition) is 2. The summed E-state index contributed by atoms with van der Waals surface area (Å²) in [4.78, 5) is 20.8. The number of hydrogen-bond acceptors (Lipinski definition) is 4. The Morgan fingerprint density at radius 1 is 1.15 bits per heavy atom. The Hall–Kier alpha value is -1.39. The largest absolute Gasteiger partial charge is 0.379 e. The summed E-state index contributed by atoms with van der Waals surface area (Å²) in [7, 11) is 5.40. The number of aliphatic imine (C=N–C) groups is 1. The average Bonchev–Trinajstić information content (AvgIpc) is 2.82. The molecule has 186 valence electrons. The smallest absolute Gasteiger partial charge is 0.253 e. The molecule has 3 rings (SSSR count). The van der Waals surface area contributed by atoms with Gasteiger partial charge in [0.2, 0.25) is 0 Å².